The molecule has 0 amide bonds. The second-order valence-electron chi connectivity index (χ2n) is 11.5. The van der Waals surface area contributed by atoms with Crippen LogP contribution < -0.4 is 16.0 Å². The predicted molar refractivity (Wildman–Crippen MR) is 153 cm³/mol. The smallest absolute Gasteiger partial charge is 0.296 e. The summed E-state index contributed by atoms with van der Waals surface area (Å²) >= 11 is 0. The average Bonchev–Trinajstić information content (AvgIpc) is 3.57. The van der Waals surface area contributed by atoms with Crippen LogP contribution in [0.1, 0.15) is 50.8 Å². The number of morpholine rings is 1. The number of aromatic nitrogens is 4. The van der Waals surface area contributed by atoms with Crippen molar-refractivity contribution < 1.29 is 18.3 Å². The number of anilines is 2. The van der Waals surface area contributed by atoms with Crippen molar-refractivity contribution >= 4 is 28.6 Å². The number of hydrogen-bond acceptors (Lipinski definition) is 9. The van der Waals surface area contributed by atoms with Crippen LogP contribution in [0.5, 0.6) is 0 Å². The molecule has 1 atom stereocenters. The van der Waals surface area contributed by atoms with Gasteiger partial charge in [0, 0.05) is 50.7 Å². The molecular formula is C29H38F2N8O2. The molecule has 3 aromatic rings. The normalized spacial score (nSPS) is 23.9. The van der Waals surface area contributed by atoms with Crippen LogP contribution in [0.3, 0.4) is 0 Å². The van der Waals surface area contributed by atoms with Crippen LogP contribution in [-0.2, 0) is 9.53 Å². The first-order valence-corrected chi connectivity index (χ1v) is 14.7. The van der Waals surface area contributed by atoms with E-state index in [0.29, 0.717) is 79.6 Å². The highest BCUT2D eigenvalue weighted by Crippen LogP contribution is 2.32. The highest BCUT2D eigenvalue weighted by atomic mass is 19.3. The minimum absolute atomic E-state index is 0.173. The molecule has 2 aliphatic heterocycles. The Kier molecular flexibility index (Phi) is 8.40. The maximum Gasteiger partial charge on any atom is 0.296 e. The summed E-state index contributed by atoms with van der Waals surface area (Å²) in [4.78, 5) is 30.6. The summed E-state index contributed by atoms with van der Waals surface area (Å²) in [5, 5.41) is 3.56. The Morgan fingerprint density at radius 1 is 1.05 bits per heavy atom. The number of alkyl halides is 2. The van der Waals surface area contributed by atoms with E-state index < -0.39 is 6.43 Å². The van der Waals surface area contributed by atoms with Crippen molar-refractivity contribution in [1.82, 2.24) is 24.4 Å². The number of likely N-dealkylation sites (tertiary alicyclic amines) is 1. The van der Waals surface area contributed by atoms with Gasteiger partial charge in [0.25, 0.3) is 6.43 Å². The average molecular weight is 569 g/mol. The summed E-state index contributed by atoms with van der Waals surface area (Å²) < 4.78 is 35.2. The van der Waals surface area contributed by atoms with Crippen molar-refractivity contribution in [2.24, 2.45) is 11.7 Å². The zero-order valence-electron chi connectivity index (χ0n) is 23.2. The van der Waals surface area contributed by atoms with Crippen LogP contribution in [0.4, 0.5) is 20.5 Å². The summed E-state index contributed by atoms with van der Waals surface area (Å²) in [6, 6.07) is 9.19. The number of para-hydroxylation sites is 2. The van der Waals surface area contributed by atoms with E-state index in [4.69, 9.17) is 20.4 Å². The fourth-order valence-electron chi connectivity index (χ4n) is 6.31. The van der Waals surface area contributed by atoms with Crippen molar-refractivity contribution in [3.63, 3.8) is 0 Å². The lowest BCUT2D eigenvalue weighted by atomic mass is 9.83. The zero-order valence-corrected chi connectivity index (χ0v) is 23.2. The number of halogens is 2. The predicted octanol–water partition coefficient (Wildman–Crippen LogP) is 3.55. The molecule has 41 heavy (non-hydrogen) atoms. The van der Waals surface area contributed by atoms with E-state index in [1.165, 1.54) is 4.57 Å². The highest BCUT2D eigenvalue weighted by molar-refractivity contribution is 5.80. The van der Waals surface area contributed by atoms with E-state index in [9.17, 15) is 13.6 Å². The van der Waals surface area contributed by atoms with E-state index in [0.717, 1.165) is 45.2 Å². The molecule has 1 aliphatic carbocycles. The number of nitrogens with one attached hydrogen (secondary N) is 1. The molecule has 0 radical (unpaired) electrons. The van der Waals surface area contributed by atoms with E-state index in [2.05, 4.69) is 15.2 Å². The standard InChI is InChI=1S/C29H38F2N8O2/c30-27(31)28-34-23-3-1-2-4-24(23)39(28)26-16-25(35-29(36-26)38-11-13-41-14-12-38)33-21-7-5-19(6-8-21)15-22(40)18-37-10-9-20(32)17-37/h1-4,16,19-21,27H,5-15,17-18,32H2,(H,33,35,36)/t19?,20-,21?/m0/s1. The first kappa shape index (κ1) is 27.9. The van der Waals surface area contributed by atoms with Crippen molar-refractivity contribution in [1.29, 1.82) is 0 Å². The van der Waals surface area contributed by atoms with Gasteiger partial charge in [-0.25, -0.2) is 13.8 Å². The van der Waals surface area contributed by atoms with E-state index >= 15 is 0 Å². The largest absolute Gasteiger partial charge is 0.378 e. The van der Waals surface area contributed by atoms with Crippen LogP contribution in [0.15, 0.2) is 30.3 Å². The van der Waals surface area contributed by atoms with Crippen LogP contribution in [0.25, 0.3) is 16.9 Å². The van der Waals surface area contributed by atoms with Gasteiger partial charge in [-0.15, -0.1) is 0 Å². The molecule has 3 fully saturated rings. The molecule has 0 spiro atoms. The fraction of sp³-hybridized carbons (Fsp3) is 0.586. The van der Waals surface area contributed by atoms with E-state index in [1.54, 1.807) is 24.3 Å². The van der Waals surface area contributed by atoms with Crippen LogP contribution in [-0.4, -0.2) is 88.2 Å². The van der Waals surface area contributed by atoms with Gasteiger partial charge in [0.05, 0.1) is 30.8 Å². The molecule has 10 nitrogen and oxygen atoms in total. The fourth-order valence-corrected chi connectivity index (χ4v) is 6.31. The van der Waals surface area contributed by atoms with E-state index in [1.807, 2.05) is 11.0 Å². The van der Waals surface area contributed by atoms with Crippen molar-refractivity contribution in [2.45, 2.75) is 57.0 Å². The van der Waals surface area contributed by atoms with Crippen molar-refractivity contribution in [3.05, 3.63) is 36.2 Å². The number of imidazole rings is 1. The van der Waals surface area contributed by atoms with Gasteiger partial charge in [0.2, 0.25) is 5.95 Å². The van der Waals surface area contributed by atoms with Crippen LogP contribution in [0.2, 0.25) is 0 Å². The Hall–Kier alpha value is -3.22. The number of benzene rings is 1. The van der Waals surface area contributed by atoms with Gasteiger partial charge in [-0.05, 0) is 50.2 Å². The lowest BCUT2D eigenvalue weighted by Gasteiger charge is -2.30. The maximum absolute atomic E-state index is 14.1. The third kappa shape index (κ3) is 6.49. The van der Waals surface area contributed by atoms with Gasteiger partial charge in [0.15, 0.2) is 5.82 Å². The Morgan fingerprint density at radius 3 is 2.56 bits per heavy atom. The molecule has 220 valence electrons. The zero-order chi connectivity index (χ0) is 28.3. The Balaban J connectivity index is 1.18. The summed E-state index contributed by atoms with van der Waals surface area (Å²) in [5.74, 6) is 1.77. The summed E-state index contributed by atoms with van der Waals surface area (Å²) in [5.41, 5.74) is 7.04. The monoisotopic (exact) mass is 568 g/mol. The maximum atomic E-state index is 14.1. The number of fused-ring (bicyclic) bond motifs is 1. The molecule has 2 saturated heterocycles. The van der Waals surface area contributed by atoms with Gasteiger partial charge in [-0.3, -0.25) is 14.3 Å². The molecule has 2 aromatic heterocycles. The SMILES string of the molecule is N[C@H]1CCN(CC(=O)CC2CCC(Nc3cc(-n4c(C(F)F)nc5ccccc54)nc(N4CCOCC4)n3)CC2)C1. The number of carbonyl (C=O) groups excluding carboxylic acids is 1. The number of carbonyl (C=O) groups is 1. The van der Waals surface area contributed by atoms with Crippen molar-refractivity contribution in [2.75, 3.05) is 56.2 Å². The number of nitrogens with two attached hydrogens (primary N) is 1. The number of Topliss-reactive ketones (excluding diaryl/α,β-unsaturated/α-hetero) is 1. The number of rotatable bonds is 9. The number of ketones is 1. The number of nitrogens with zero attached hydrogens (tertiary/aromatic N) is 6. The molecule has 1 aromatic carbocycles. The molecule has 0 bridgehead atoms. The molecule has 4 heterocycles. The van der Waals surface area contributed by atoms with Crippen LogP contribution in [0, 0.1) is 5.92 Å². The lowest BCUT2D eigenvalue weighted by molar-refractivity contribution is -0.121. The molecule has 6 rings (SSSR count). The molecule has 12 heteroatoms. The summed E-state index contributed by atoms with van der Waals surface area (Å²) in [7, 11) is 0. The molecule has 1 saturated carbocycles. The second-order valence-corrected chi connectivity index (χ2v) is 11.5. The molecule has 3 aliphatic rings. The first-order chi connectivity index (χ1) is 19.9. The molecule has 0 unspecified atom stereocenters. The van der Waals surface area contributed by atoms with Gasteiger partial charge in [-0.1, -0.05) is 12.1 Å². The minimum atomic E-state index is -2.76. The second kappa shape index (κ2) is 12.3. The number of ether oxygens (including phenoxy) is 1. The van der Waals surface area contributed by atoms with Gasteiger partial charge < -0.3 is 20.7 Å². The minimum Gasteiger partial charge on any atom is -0.378 e. The molecular weight excluding hydrogens is 530 g/mol. The first-order valence-electron chi connectivity index (χ1n) is 14.7. The highest BCUT2D eigenvalue weighted by Gasteiger charge is 2.27. The van der Waals surface area contributed by atoms with Gasteiger partial charge >= 0.3 is 0 Å². The topological polar surface area (TPSA) is 114 Å². The summed E-state index contributed by atoms with van der Waals surface area (Å²) in [6.07, 6.45) is 2.55. The van der Waals surface area contributed by atoms with Gasteiger partial charge in [-0.2, -0.15) is 9.97 Å². The van der Waals surface area contributed by atoms with E-state index in [-0.39, 0.29) is 17.9 Å². The molecule has 3 N–H and O–H groups in total. The quantitative estimate of drug-likeness (QED) is 0.400. The van der Waals surface area contributed by atoms with Crippen molar-refractivity contribution in [3.8, 4) is 5.82 Å². The van der Waals surface area contributed by atoms with Gasteiger partial charge in [0.1, 0.15) is 17.4 Å². The van der Waals surface area contributed by atoms with Crippen LogP contribution >= 0.6 is 0 Å². The third-order valence-electron chi connectivity index (χ3n) is 8.43. The number of hydrogen-bond donors (Lipinski definition) is 2. The summed E-state index contributed by atoms with van der Waals surface area (Å²) in [6.45, 7) is 4.58. The lowest BCUT2D eigenvalue weighted by Crippen LogP contribution is -2.37. The Morgan fingerprint density at radius 2 is 1.83 bits per heavy atom. The Labute approximate surface area is 238 Å². The Bertz CT molecular complexity index is 1350. The third-order valence-corrected chi connectivity index (χ3v) is 8.43.